The summed E-state index contributed by atoms with van der Waals surface area (Å²) in [5.41, 5.74) is 1.24. The van der Waals surface area contributed by atoms with E-state index in [1.54, 1.807) is 0 Å². The molecule has 0 aliphatic carbocycles. The Morgan fingerprint density at radius 1 is 1.33 bits per heavy atom. The second-order valence-electron chi connectivity index (χ2n) is 5.08. The molecule has 0 aromatic heterocycles. The molecular formula is C14H21BrN2O. The van der Waals surface area contributed by atoms with Crippen LogP contribution >= 0.6 is 15.9 Å². The summed E-state index contributed by atoms with van der Waals surface area (Å²) in [4.78, 5) is 4.66. The van der Waals surface area contributed by atoms with E-state index in [9.17, 15) is 5.11 Å². The van der Waals surface area contributed by atoms with Crippen LogP contribution in [0.2, 0.25) is 0 Å². The molecule has 100 valence electrons. The number of rotatable bonds is 2. The van der Waals surface area contributed by atoms with E-state index in [-0.39, 0.29) is 12.6 Å². The van der Waals surface area contributed by atoms with Crippen LogP contribution in [0.1, 0.15) is 13.3 Å². The van der Waals surface area contributed by atoms with Gasteiger partial charge in [0.25, 0.3) is 0 Å². The van der Waals surface area contributed by atoms with Crippen LogP contribution in [-0.4, -0.2) is 48.8 Å². The van der Waals surface area contributed by atoms with Crippen LogP contribution in [0.5, 0.6) is 0 Å². The molecule has 3 nitrogen and oxygen atoms in total. The van der Waals surface area contributed by atoms with Crippen LogP contribution in [0.4, 0.5) is 5.69 Å². The fraction of sp³-hybridized carbons (Fsp3) is 0.571. The van der Waals surface area contributed by atoms with Crippen LogP contribution in [0.25, 0.3) is 0 Å². The highest BCUT2D eigenvalue weighted by atomic mass is 79.9. The Morgan fingerprint density at radius 3 is 2.61 bits per heavy atom. The molecule has 1 saturated heterocycles. The predicted molar refractivity (Wildman–Crippen MR) is 79.1 cm³/mol. The normalized spacial score (nSPS) is 26.1. The quantitative estimate of drug-likeness (QED) is 0.908. The van der Waals surface area contributed by atoms with Crippen molar-refractivity contribution < 1.29 is 5.11 Å². The van der Waals surface area contributed by atoms with Crippen molar-refractivity contribution in [2.24, 2.45) is 0 Å². The van der Waals surface area contributed by atoms with E-state index in [0.717, 1.165) is 24.0 Å². The van der Waals surface area contributed by atoms with Gasteiger partial charge in [-0.05, 0) is 44.7 Å². The summed E-state index contributed by atoms with van der Waals surface area (Å²) < 4.78 is 1.10. The zero-order valence-corrected chi connectivity index (χ0v) is 12.6. The molecule has 18 heavy (non-hydrogen) atoms. The van der Waals surface area contributed by atoms with E-state index in [2.05, 4.69) is 64.0 Å². The summed E-state index contributed by atoms with van der Waals surface area (Å²) in [5.74, 6) is 0. The molecule has 0 saturated carbocycles. The van der Waals surface area contributed by atoms with Gasteiger partial charge in [-0.25, -0.2) is 0 Å². The Balaban J connectivity index is 2.21. The molecule has 0 bridgehead atoms. The van der Waals surface area contributed by atoms with Crippen molar-refractivity contribution in [2.45, 2.75) is 25.4 Å². The Hall–Kier alpha value is -0.580. The molecule has 2 atom stereocenters. The molecule has 4 heteroatoms. The molecule has 1 fully saturated rings. The maximum absolute atomic E-state index is 9.51. The van der Waals surface area contributed by atoms with Crippen molar-refractivity contribution in [1.29, 1.82) is 0 Å². The summed E-state index contributed by atoms with van der Waals surface area (Å²) in [7, 11) is 2.10. The number of anilines is 1. The van der Waals surface area contributed by atoms with E-state index in [4.69, 9.17) is 0 Å². The topological polar surface area (TPSA) is 26.7 Å². The number of aliphatic hydroxyl groups excluding tert-OH is 1. The Bertz CT molecular complexity index is 382. The van der Waals surface area contributed by atoms with Gasteiger partial charge in [0.2, 0.25) is 0 Å². The van der Waals surface area contributed by atoms with Crippen molar-refractivity contribution in [3.63, 3.8) is 0 Å². The molecule has 1 heterocycles. The van der Waals surface area contributed by atoms with Crippen molar-refractivity contribution in [3.05, 3.63) is 28.7 Å². The van der Waals surface area contributed by atoms with Gasteiger partial charge in [-0.2, -0.15) is 0 Å². The standard InChI is InChI=1S/C14H21BrN2O/c1-11-7-8-16(2)14(10-18)9-17(11)13-5-3-12(15)4-6-13/h3-6,11,14,18H,7-10H2,1-2H3. The van der Waals surface area contributed by atoms with Crippen molar-refractivity contribution in [2.75, 3.05) is 31.6 Å². The van der Waals surface area contributed by atoms with Gasteiger partial charge in [0.1, 0.15) is 0 Å². The lowest BCUT2D eigenvalue weighted by molar-refractivity contribution is 0.159. The molecule has 2 unspecified atom stereocenters. The number of hydrogen-bond donors (Lipinski definition) is 1. The lowest BCUT2D eigenvalue weighted by Gasteiger charge is -2.32. The summed E-state index contributed by atoms with van der Waals surface area (Å²) >= 11 is 3.47. The third kappa shape index (κ3) is 3.05. The second kappa shape index (κ2) is 6.04. The van der Waals surface area contributed by atoms with Gasteiger partial charge in [-0.1, -0.05) is 15.9 Å². The number of nitrogens with zero attached hydrogens (tertiary/aromatic N) is 2. The Labute approximate surface area is 118 Å². The van der Waals surface area contributed by atoms with Gasteiger partial charge in [-0.15, -0.1) is 0 Å². The van der Waals surface area contributed by atoms with E-state index in [0.29, 0.717) is 6.04 Å². The van der Waals surface area contributed by atoms with Gasteiger partial charge in [0.15, 0.2) is 0 Å². The minimum Gasteiger partial charge on any atom is -0.395 e. The monoisotopic (exact) mass is 312 g/mol. The average Bonchev–Trinajstić information content (AvgIpc) is 2.51. The maximum atomic E-state index is 9.51. The van der Waals surface area contributed by atoms with Crippen LogP contribution < -0.4 is 4.90 Å². The fourth-order valence-electron chi connectivity index (χ4n) is 2.46. The highest BCUT2D eigenvalue weighted by Crippen LogP contribution is 2.24. The summed E-state index contributed by atoms with van der Waals surface area (Å²) in [6.07, 6.45) is 1.13. The van der Waals surface area contributed by atoms with E-state index >= 15 is 0 Å². The Kier molecular flexibility index (Phi) is 4.65. The fourth-order valence-corrected chi connectivity index (χ4v) is 2.73. The molecule has 0 spiro atoms. The number of aliphatic hydroxyl groups is 1. The highest BCUT2D eigenvalue weighted by Gasteiger charge is 2.26. The molecule has 1 aromatic carbocycles. The number of benzene rings is 1. The maximum Gasteiger partial charge on any atom is 0.0604 e. The minimum atomic E-state index is 0.219. The number of halogens is 1. The zero-order valence-electron chi connectivity index (χ0n) is 11.0. The lowest BCUT2D eigenvalue weighted by atomic mass is 10.1. The first-order valence-electron chi connectivity index (χ1n) is 6.45. The van der Waals surface area contributed by atoms with E-state index < -0.39 is 0 Å². The van der Waals surface area contributed by atoms with Crippen molar-refractivity contribution in [1.82, 2.24) is 4.90 Å². The van der Waals surface area contributed by atoms with Gasteiger partial charge >= 0.3 is 0 Å². The second-order valence-corrected chi connectivity index (χ2v) is 6.00. The first-order valence-corrected chi connectivity index (χ1v) is 7.24. The SMILES string of the molecule is CC1CCN(C)C(CO)CN1c1ccc(Br)cc1. The first-order chi connectivity index (χ1) is 8.61. The molecule has 0 amide bonds. The van der Waals surface area contributed by atoms with Crippen molar-refractivity contribution in [3.8, 4) is 0 Å². The Morgan fingerprint density at radius 2 is 2.00 bits per heavy atom. The van der Waals surface area contributed by atoms with Crippen LogP contribution in [0.15, 0.2) is 28.7 Å². The van der Waals surface area contributed by atoms with E-state index in [1.807, 2.05) is 0 Å². The lowest BCUT2D eigenvalue weighted by Crippen LogP contribution is -2.43. The van der Waals surface area contributed by atoms with Gasteiger partial charge in [0, 0.05) is 35.3 Å². The third-order valence-electron chi connectivity index (χ3n) is 3.83. The molecule has 1 N–H and O–H groups in total. The highest BCUT2D eigenvalue weighted by molar-refractivity contribution is 9.10. The van der Waals surface area contributed by atoms with Crippen LogP contribution in [-0.2, 0) is 0 Å². The summed E-state index contributed by atoms with van der Waals surface area (Å²) in [6.45, 7) is 4.40. The largest absolute Gasteiger partial charge is 0.395 e. The summed E-state index contributed by atoms with van der Waals surface area (Å²) in [6, 6.07) is 9.15. The predicted octanol–water partition coefficient (Wildman–Crippen LogP) is 2.34. The molecular weight excluding hydrogens is 292 g/mol. The van der Waals surface area contributed by atoms with Crippen LogP contribution in [0.3, 0.4) is 0 Å². The first kappa shape index (κ1) is 13.8. The third-order valence-corrected chi connectivity index (χ3v) is 4.36. The molecule has 0 radical (unpaired) electrons. The molecule has 1 aromatic rings. The van der Waals surface area contributed by atoms with Crippen molar-refractivity contribution >= 4 is 21.6 Å². The van der Waals surface area contributed by atoms with Gasteiger partial charge < -0.3 is 10.0 Å². The smallest absolute Gasteiger partial charge is 0.0604 e. The molecule has 1 aliphatic rings. The molecule has 2 rings (SSSR count). The number of hydrogen-bond acceptors (Lipinski definition) is 3. The van der Waals surface area contributed by atoms with Crippen LogP contribution in [0, 0.1) is 0 Å². The van der Waals surface area contributed by atoms with Gasteiger partial charge in [0.05, 0.1) is 6.61 Å². The minimum absolute atomic E-state index is 0.219. The van der Waals surface area contributed by atoms with Gasteiger partial charge in [-0.3, -0.25) is 4.90 Å². The zero-order chi connectivity index (χ0) is 13.1. The van der Waals surface area contributed by atoms with E-state index in [1.165, 1.54) is 5.69 Å². The average molecular weight is 313 g/mol. The summed E-state index contributed by atoms with van der Waals surface area (Å²) in [5, 5.41) is 9.51. The number of likely N-dealkylation sites (N-methyl/N-ethyl adjacent to an activating group) is 1. The molecule has 1 aliphatic heterocycles.